The number of benzene rings is 1. The minimum Gasteiger partial charge on any atom is -0.495 e. The Hall–Kier alpha value is -0.770. The average Bonchev–Trinajstić information content (AvgIpc) is 2.48. The van der Waals surface area contributed by atoms with Gasteiger partial charge in [0.05, 0.1) is 24.8 Å². The molecule has 1 unspecified atom stereocenters. The monoisotopic (exact) mass is 281 g/mol. The second-order valence-corrected chi connectivity index (χ2v) is 5.60. The molecule has 0 bridgehead atoms. The van der Waals surface area contributed by atoms with E-state index in [4.69, 9.17) is 21.1 Å². The zero-order valence-corrected chi connectivity index (χ0v) is 12.1. The van der Waals surface area contributed by atoms with Crippen LogP contribution in [0.5, 0.6) is 5.75 Å². The van der Waals surface area contributed by atoms with Gasteiger partial charge in [0.15, 0.2) is 0 Å². The third kappa shape index (κ3) is 2.47. The van der Waals surface area contributed by atoms with E-state index in [-0.39, 0.29) is 6.10 Å². The third-order valence-electron chi connectivity index (χ3n) is 4.05. The van der Waals surface area contributed by atoms with Gasteiger partial charge < -0.3 is 14.8 Å². The highest BCUT2D eigenvalue weighted by molar-refractivity contribution is 6.33. The molecule has 3 nitrogen and oxygen atoms in total. The number of hydrogen-bond acceptors (Lipinski definition) is 3. The molecule has 19 heavy (non-hydrogen) atoms. The number of methoxy groups -OCH3 is 1. The number of ether oxygens (including phenoxy) is 2. The summed E-state index contributed by atoms with van der Waals surface area (Å²) in [6, 6.07) is 2.25. The van der Waals surface area contributed by atoms with E-state index in [0.717, 1.165) is 48.9 Å². The van der Waals surface area contributed by atoms with Gasteiger partial charge in [0, 0.05) is 18.7 Å². The number of rotatable bonds is 2. The molecule has 1 fully saturated rings. The molecular formula is C15H20ClNO2. The fraction of sp³-hybridized carbons (Fsp3) is 0.600. The third-order valence-corrected chi connectivity index (χ3v) is 4.45. The predicted octanol–water partition coefficient (Wildman–Crippen LogP) is 2.89. The molecule has 4 heteroatoms. The number of morpholine rings is 1. The van der Waals surface area contributed by atoms with E-state index >= 15 is 0 Å². The molecule has 0 spiro atoms. The van der Waals surface area contributed by atoms with Gasteiger partial charge in [-0.3, -0.25) is 0 Å². The molecule has 2 aliphatic rings. The maximum atomic E-state index is 6.55. The molecule has 1 heterocycles. The van der Waals surface area contributed by atoms with Gasteiger partial charge in [-0.1, -0.05) is 11.6 Å². The van der Waals surface area contributed by atoms with Gasteiger partial charge in [-0.25, -0.2) is 0 Å². The number of halogens is 1. The Bertz CT molecular complexity index is 470. The lowest BCUT2D eigenvalue weighted by Gasteiger charge is -2.28. The Morgan fingerprint density at radius 3 is 2.95 bits per heavy atom. The van der Waals surface area contributed by atoms with Crippen LogP contribution in [0.2, 0.25) is 5.02 Å². The van der Waals surface area contributed by atoms with Crippen molar-refractivity contribution < 1.29 is 9.47 Å². The lowest BCUT2D eigenvalue weighted by molar-refractivity contribution is 0.0262. The van der Waals surface area contributed by atoms with Crippen LogP contribution in [0, 0.1) is 0 Å². The predicted molar refractivity (Wildman–Crippen MR) is 76.2 cm³/mol. The molecular weight excluding hydrogens is 262 g/mol. The van der Waals surface area contributed by atoms with E-state index < -0.39 is 0 Å². The Morgan fingerprint density at radius 1 is 1.37 bits per heavy atom. The highest BCUT2D eigenvalue weighted by Crippen LogP contribution is 2.41. The van der Waals surface area contributed by atoms with Crippen molar-refractivity contribution in [2.45, 2.75) is 31.8 Å². The molecule has 1 N–H and O–H groups in total. The summed E-state index contributed by atoms with van der Waals surface area (Å²) < 4.78 is 11.4. The lowest BCUT2D eigenvalue weighted by atomic mass is 9.88. The summed E-state index contributed by atoms with van der Waals surface area (Å²) in [5.41, 5.74) is 3.75. The lowest BCUT2D eigenvalue weighted by Crippen LogP contribution is -2.33. The normalized spacial score (nSPS) is 22.9. The fourth-order valence-corrected chi connectivity index (χ4v) is 3.47. The van der Waals surface area contributed by atoms with Crippen molar-refractivity contribution in [1.29, 1.82) is 0 Å². The Labute approximate surface area is 119 Å². The fourth-order valence-electron chi connectivity index (χ4n) is 3.07. The smallest absolute Gasteiger partial charge is 0.143 e. The largest absolute Gasteiger partial charge is 0.495 e. The second-order valence-electron chi connectivity index (χ2n) is 5.22. The van der Waals surface area contributed by atoms with Crippen LogP contribution in [-0.2, 0) is 17.6 Å². The number of fused-ring (bicyclic) bond motifs is 1. The Kier molecular flexibility index (Phi) is 3.96. The number of aryl methyl sites for hydroxylation is 1. The average molecular weight is 282 g/mol. The van der Waals surface area contributed by atoms with Crippen LogP contribution in [0.25, 0.3) is 0 Å². The van der Waals surface area contributed by atoms with Crippen LogP contribution in [0.15, 0.2) is 6.07 Å². The van der Waals surface area contributed by atoms with E-state index in [1.165, 1.54) is 24.0 Å². The quantitative estimate of drug-likeness (QED) is 0.904. The van der Waals surface area contributed by atoms with Gasteiger partial charge in [0.1, 0.15) is 5.75 Å². The summed E-state index contributed by atoms with van der Waals surface area (Å²) in [5, 5.41) is 4.16. The highest BCUT2D eigenvalue weighted by Gasteiger charge is 2.25. The van der Waals surface area contributed by atoms with Gasteiger partial charge in [0.2, 0.25) is 0 Å². The van der Waals surface area contributed by atoms with Gasteiger partial charge in [-0.05, 0) is 42.9 Å². The first-order valence-corrected chi connectivity index (χ1v) is 7.39. The first-order valence-electron chi connectivity index (χ1n) is 7.01. The summed E-state index contributed by atoms with van der Waals surface area (Å²) >= 11 is 6.55. The molecule has 1 saturated heterocycles. The number of nitrogens with one attached hydrogen (secondary N) is 1. The van der Waals surface area contributed by atoms with Crippen LogP contribution in [0.4, 0.5) is 0 Å². The molecule has 1 aliphatic carbocycles. The van der Waals surface area contributed by atoms with Crippen molar-refractivity contribution in [1.82, 2.24) is 5.32 Å². The molecule has 3 rings (SSSR count). The summed E-state index contributed by atoms with van der Waals surface area (Å²) in [4.78, 5) is 0. The molecule has 1 aliphatic heterocycles. The van der Waals surface area contributed by atoms with Crippen LogP contribution < -0.4 is 10.1 Å². The molecule has 1 atom stereocenters. The Balaban J connectivity index is 2.04. The zero-order chi connectivity index (χ0) is 13.2. The van der Waals surface area contributed by atoms with Gasteiger partial charge >= 0.3 is 0 Å². The van der Waals surface area contributed by atoms with Crippen LogP contribution in [0.1, 0.15) is 35.6 Å². The minimum absolute atomic E-state index is 0.0495. The number of hydrogen-bond donors (Lipinski definition) is 1. The molecule has 1 aromatic carbocycles. The first-order chi connectivity index (χ1) is 9.31. The van der Waals surface area contributed by atoms with E-state index in [9.17, 15) is 0 Å². The summed E-state index contributed by atoms with van der Waals surface area (Å²) in [5.74, 6) is 0.802. The SMILES string of the molecule is COc1c(C2CNCCO2)cc2c(c1Cl)CCCC2. The maximum absolute atomic E-state index is 6.55. The van der Waals surface area contributed by atoms with Crippen molar-refractivity contribution in [3.8, 4) is 5.75 Å². The molecule has 0 amide bonds. The maximum Gasteiger partial charge on any atom is 0.143 e. The summed E-state index contributed by atoms with van der Waals surface area (Å²) in [6.07, 6.45) is 4.70. The van der Waals surface area contributed by atoms with Gasteiger partial charge in [-0.15, -0.1) is 0 Å². The standard InChI is InChI=1S/C15H20ClNO2/c1-18-15-12(13-9-17-6-7-19-13)8-10-4-2-3-5-11(10)14(15)16/h8,13,17H,2-7,9H2,1H3. The van der Waals surface area contributed by atoms with Gasteiger partial charge in [-0.2, -0.15) is 0 Å². The topological polar surface area (TPSA) is 30.5 Å². The molecule has 0 radical (unpaired) electrons. The first kappa shape index (κ1) is 13.2. The zero-order valence-electron chi connectivity index (χ0n) is 11.3. The Morgan fingerprint density at radius 2 is 2.21 bits per heavy atom. The van der Waals surface area contributed by atoms with Gasteiger partial charge in [0.25, 0.3) is 0 Å². The van der Waals surface area contributed by atoms with Crippen molar-refractivity contribution in [2.75, 3.05) is 26.8 Å². The van der Waals surface area contributed by atoms with E-state index in [0.29, 0.717) is 0 Å². The molecule has 0 saturated carbocycles. The van der Waals surface area contributed by atoms with Crippen molar-refractivity contribution >= 4 is 11.6 Å². The van der Waals surface area contributed by atoms with E-state index in [1.54, 1.807) is 7.11 Å². The van der Waals surface area contributed by atoms with Crippen molar-refractivity contribution in [2.24, 2.45) is 0 Å². The molecule has 104 valence electrons. The van der Waals surface area contributed by atoms with Crippen molar-refractivity contribution in [3.63, 3.8) is 0 Å². The van der Waals surface area contributed by atoms with Crippen molar-refractivity contribution in [3.05, 3.63) is 27.8 Å². The minimum atomic E-state index is 0.0495. The molecule has 0 aromatic heterocycles. The van der Waals surface area contributed by atoms with Crippen LogP contribution in [-0.4, -0.2) is 26.8 Å². The van der Waals surface area contributed by atoms with Crippen LogP contribution in [0.3, 0.4) is 0 Å². The summed E-state index contributed by atoms with van der Waals surface area (Å²) in [6.45, 7) is 2.48. The van der Waals surface area contributed by atoms with Crippen LogP contribution >= 0.6 is 11.6 Å². The second kappa shape index (κ2) is 5.70. The van der Waals surface area contributed by atoms with E-state index in [2.05, 4.69) is 11.4 Å². The molecule has 1 aromatic rings. The summed E-state index contributed by atoms with van der Waals surface area (Å²) in [7, 11) is 1.69. The highest BCUT2D eigenvalue weighted by atomic mass is 35.5. The van der Waals surface area contributed by atoms with E-state index in [1.807, 2.05) is 0 Å².